The molecule has 66 valence electrons. The van der Waals surface area contributed by atoms with Gasteiger partial charge in [-0.3, -0.25) is 5.26 Å². The van der Waals surface area contributed by atoms with Crippen molar-refractivity contribution in [3.8, 4) is 0 Å². The van der Waals surface area contributed by atoms with E-state index in [4.69, 9.17) is 5.26 Å². The lowest BCUT2D eigenvalue weighted by molar-refractivity contribution is -0.277. The predicted molar refractivity (Wildman–Crippen MR) is 47.9 cm³/mol. The summed E-state index contributed by atoms with van der Waals surface area (Å²) in [6.07, 6.45) is 0.767. The molecule has 0 saturated carbocycles. The first-order valence-electron chi connectivity index (χ1n) is 4.17. The first-order valence-corrected chi connectivity index (χ1v) is 4.17. The summed E-state index contributed by atoms with van der Waals surface area (Å²) >= 11 is 0. The number of hydrogen-bond acceptors (Lipinski definition) is 2. The second-order valence-corrected chi connectivity index (χ2v) is 2.85. The summed E-state index contributed by atoms with van der Waals surface area (Å²) in [5.74, 6) is 0. The maximum absolute atomic E-state index is 8.45. The monoisotopic (exact) mass is 166 g/mol. The third-order valence-electron chi connectivity index (χ3n) is 1.99. The summed E-state index contributed by atoms with van der Waals surface area (Å²) in [6, 6.07) is 8.03. The van der Waals surface area contributed by atoms with Gasteiger partial charge in [0.25, 0.3) is 0 Å². The average molecular weight is 166 g/mol. The Morgan fingerprint density at radius 1 is 1.50 bits per heavy atom. The molecular formula is C10H14O2. The zero-order valence-electron chi connectivity index (χ0n) is 7.45. The van der Waals surface area contributed by atoms with Crippen LogP contribution in [0.2, 0.25) is 0 Å². The van der Waals surface area contributed by atoms with Gasteiger partial charge in [-0.2, -0.15) is 0 Å². The summed E-state index contributed by atoms with van der Waals surface area (Å²) in [4.78, 5) is 4.24. The Kier molecular flexibility index (Phi) is 3.26. The summed E-state index contributed by atoms with van der Waals surface area (Å²) in [7, 11) is 0. The van der Waals surface area contributed by atoms with E-state index in [2.05, 4.69) is 17.9 Å². The molecule has 1 rings (SSSR count). The van der Waals surface area contributed by atoms with Crippen molar-refractivity contribution in [1.82, 2.24) is 0 Å². The molecule has 12 heavy (non-hydrogen) atoms. The van der Waals surface area contributed by atoms with Gasteiger partial charge in [-0.1, -0.05) is 31.2 Å². The lowest BCUT2D eigenvalue weighted by atomic mass is 10.1. The van der Waals surface area contributed by atoms with E-state index in [1.54, 1.807) is 0 Å². The molecule has 0 aromatic heterocycles. The van der Waals surface area contributed by atoms with Crippen LogP contribution in [0.5, 0.6) is 0 Å². The Hall–Kier alpha value is -0.860. The zero-order valence-corrected chi connectivity index (χ0v) is 7.45. The Balaban J connectivity index is 2.86. The highest BCUT2D eigenvalue weighted by Crippen LogP contribution is 2.16. The van der Waals surface area contributed by atoms with Crippen LogP contribution in [0.25, 0.3) is 0 Å². The van der Waals surface area contributed by atoms with E-state index < -0.39 is 0 Å². The molecule has 0 amide bonds. The fraction of sp³-hybridized carbons (Fsp3) is 0.400. The van der Waals surface area contributed by atoms with Crippen molar-refractivity contribution in [2.24, 2.45) is 0 Å². The van der Waals surface area contributed by atoms with Crippen LogP contribution in [0.15, 0.2) is 24.3 Å². The largest absolute Gasteiger partial charge is 0.251 e. The van der Waals surface area contributed by atoms with E-state index in [1.165, 1.54) is 5.56 Å². The SMILES string of the molecule is CCc1cccc(C(C)OO)c1. The minimum atomic E-state index is -0.239. The Labute approximate surface area is 72.7 Å². The van der Waals surface area contributed by atoms with E-state index in [-0.39, 0.29) is 6.10 Å². The quantitative estimate of drug-likeness (QED) is 0.552. The van der Waals surface area contributed by atoms with Gasteiger partial charge in [0, 0.05) is 0 Å². The topological polar surface area (TPSA) is 29.5 Å². The first-order chi connectivity index (χ1) is 5.77. The Morgan fingerprint density at radius 2 is 2.25 bits per heavy atom. The van der Waals surface area contributed by atoms with Crippen molar-refractivity contribution in [3.63, 3.8) is 0 Å². The molecule has 2 heteroatoms. The van der Waals surface area contributed by atoms with E-state index in [0.29, 0.717) is 0 Å². The lowest BCUT2D eigenvalue weighted by Gasteiger charge is -2.08. The van der Waals surface area contributed by atoms with Crippen LogP contribution in [0.1, 0.15) is 31.1 Å². The lowest BCUT2D eigenvalue weighted by Crippen LogP contribution is -1.96. The molecule has 0 bridgehead atoms. The van der Waals surface area contributed by atoms with Crippen LogP contribution < -0.4 is 0 Å². The summed E-state index contributed by atoms with van der Waals surface area (Å²) in [6.45, 7) is 3.92. The van der Waals surface area contributed by atoms with Crippen molar-refractivity contribution >= 4 is 0 Å². The molecule has 1 aromatic carbocycles. The number of benzene rings is 1. The molecule has 0 aliphatic heterocycles. The maximum Gasteiger partial charge on any atom is 0.115 e. The number of rotatable bonds is 3. The molecule has 1 atom stereocenters. The highest BCUT2D eigenvalue weighted by atomic mass is 17.1. The van der Waals surface area contributed by atoms with Gasteiger partial charge in [0.05, 0.1) is 0 Å². The van der Waals surface area contributed by atoms with Crippen molar-refractivity contribution in [2.45, 2.75) is 26.4 Å². The molecule has 0 aliphatic rings. The molecular weight excluding hydrogens is 152 g/mol. The number of hydrogen-bond donors (Lipinski definition) is 1. The minimum Gasteiger partial charge on any atom is -0.251 e. The maximum atomic E-state index is 8.45. The van der Waals surface area contributed by atoms with Crippen LogP contribution in [-0.4, -0.2) is 5.26 Å². The van der Waals surface area contributed by atoms with Crippen molar-refractivity contribution in [1.29, 1.82) is 0 Å². The molecule has 1 N–H and O–H groups in total. The van der Waals surface area contributed by atoms with Crippen molar-refractivity contribution in [2.75, 3.05) is 0 Å². The first kappa shape index (κ1) is 9.23. The van der Waals surface area contributed by atoms with Gasteiger partial charge < -0.3 is 0 Å². The zero-order chi connectivity index (χ0) is 8.97. The Bertz CT molecular complexity index is 245. The molecule has 0 spiro atoms. The normalized spacial score (nSPS) is 12.9. The van der Waals surface area contributed by atoms with Crippen LogP contribution in [0.4, 0.5) is 0 Å². The third kappa shape index (κ3) is 2.06. The van der Waals surface area contributed by atoms with Gasteiger partial charge in [0.2, 0.25) is 0 Å². The molecule has 2 nitrogen and oxygen atoms in total. The highest BCUT2D eigenvalue weighted by molar-refractivity contribution is 5.24. The molecule has 0 radical (unpaired) electrons. The minimum absolute atomic E-state index is 0.239. The fourth-order valence-electron chi connectivity index (χ4n) is 1.13. The molecule has 1 unspecified atom stereocenters. The van der Waals surface area contributed by atoms with Crippen LogP contribution in [0.3, 0.4) is 0 Å². The molecule has 0 aliphatic carbocycles. The van der Waals surface area contributed by atoms with Crippen LogP contribution >= 0.6 is 0 Å². The van der Waals surface area contributed by atoms with Crippen LogP contribution in [0, 0.1) is 0 Å². The Morgan fingerprint density at radius 3 is 2.83 bits per heavy atom. The standard InChI is InChI=1S/C10H14O2/c1-3-9-5-4-6-10(7-9)8(2)12-11/h4-8,11H,3H2,1-2H3. The van der Waals surface area contributed by atoms with E-state index in [0.717, 1.165) is 12.0 Å². The average Bonchev–Trinajstić information content (AvgIpc) is 2.17. The molecule has 0 heterocycles. The van der Waals surface area contributed by atoms with E-state index >= 15 is 0 Å². The van der Waals surface area contributed by atoms with Gasteiger partial charge in [0.15, 0.2) is 0 Å². The molecule has 0 saturated heterocycles. The second kappa shape index (κ2) is 4.24. The summed E-state index contributed by atoms with van der Waals surface area (Å²) in [5, 5.41) is 8.45. The molecule has 1 aromatic rings. The molecule has 0 fully saturated rings. The fourth-order valence-corrected chi connectivity index (χ4v) is 1.13. The van der Waals surface area contributed by atoms with Gasteiger partial charge in [-0.25, -0.2) is 4.89 Å². The van der Waals surface area contributed by atoms with Gasteiger partial charge >= 0.3 is 0 Å². The van der Waals surface area contributed by atoms with Crippen LogP contribution in [-0.2, 0) is 11.3 Å². The summed E-state index contributed by atoms with van der Waals surface area (Å²) < 4.78 is 0. The van der Waals surface area contributed by atoms with Crippen molar-refractivity contribution in [3.05, 3.63) is 35.4 Å². The van der Waals surface area contributed by atoms with E-state index in [1.807, 2.05) is 25.1 Å². The van der Waals surface area contributed by atoms with Gasteiger partial charge in [0.1, 0.15) is 6.10 Å². The van der Waals surface area contributed by atoms with Gasteiger partial charge in [-0.05, 0) is 24.5 Å². The summed E-state index contributed by atoms with van der Waals surface area (Å²) in [5.41, 5.74) is 2.27. The van der Waals surface area contributed by atoms with E-state index in [9.17, 15) is 0 Å². The predicted octanol–water partition coefficient (Wildman–Crippen LogP) is 2.80. The smallest absolute Gasteiger partial charge is 0.115 e. The van der Waals surface area contributed by atoms with Gasteiger partial charge in [-0.15, -0.1) is 0 Å². The number of aryl methyl sites for hydroxylation is 1. The van der Waals surface area contributed by atoms with Crippen molar-refractivity contribution < 1.29 is 10.1 Å². The second-order valence-electron chi connectivity index (χ2n) is 2.85. The highest BCUT2D eigenvalue weighted by Gasteiger charge is 2.04. The third-order valence-corrected chi connectivity index (χ3v) is 1.99.